The first-order valence-corrected chi connectivity index (χ1v) is 4.64. The Labute approximate surface area is 89.8 Å². The number of nitrogen functional groups attached to an aromatic ring is 1. The second kappa shape index (κ2) is 3.88. The number of carboxylic acids is 1. The van der Waals surface area contributed by atoms with Crippen LogP contribution in [0.3, 0.4) is 0 Å². The van der Waals surface area contributed by atoms with E-state index in [0.717, 1.165) is 0 Å². The molecule has 4 nitrogen and oxygen atoms in total. The summed E-state index contributed by atoms with van der Waals surface area (Å²) in [4.78, 5) is 10.9. The Morgan fingerprint density at radius 3 is 2.64 bits per heavy atom. The van der Waals surface area contributed by atoms with Crippen LogP contribution in [0.2, 0.25) is 0 Å². The summed E-state index contributed by atoms with van der Waals surface area (Å²) in [6.07, 6.45) is 0. The first-order valence-electron chi connectivity index (χ1n) is 3.85. The van der Waals surface area contributed by atoms with Crippen LogP contribution in [0.4, 0.5) is 5.69 Å². The predicted molar refractivity (Wildman–Crippen MR) is 56.8 cm³/mol. The van der Waals surface area contributed by atoms with E-state index in [2.05, 4.69) is 15.9 Å². The monoisotopic (exact) mass is 259 g/mol. The van der Waals surface area contributed by atoms with Gasteiger partial charge >= 0.3 is 5.97 Å². The molecule has 0 heterocycles. The first-order chi connectivity index (χ1) is 6.49. The summed E-state index contributed by atoms with van der Waals surface area (Å²) in [5, 5.41) is 8.97. The average Bonchev–Trinajstić information content (AvgIpc) is 2.10. The molecule has 0 amide bonds. The zero-order valence-electron chi connectivity index (χ0n) is 7.80. The van der Waals surface area contributed by atoms with Crippen molar-refractivity contribution in [1.82, 2.24) is 0 Å². The van der Waals surface area contributed by atoms with E-state index in [4.69, 9.17) is 15.6 Å². The van der Waals surface area contributed by atoms with Crippen LogP contribution in [0.5, 0.6) is 5.75 Å². The number of anilines is 1. The Balaban J connectivity index is 3.56. The van der Waals surface area contributed by atoms with Gasteiger partial charge in [0.15, 0.2) is 0 Å². The zero-order valence-corrected chi connectivity index (χ0v) is 9.38. The average molecular weight is 260 g/mol. The molecule has 14 heavy (non-hydrogen) atoms. The fourth-order valence-electron chi connectivity index (χ4n) is 1.20. The van der Waals surface area contributed by atoms with Gasteiger partial charge in [-0.3, -0.25) is 0 Å². The molecule has 0 radical (unpaired) electrons. The minimum Gasteiger partial charge on any atom is -0.495 e. The molecule has 0 fully saturated rings. The highest BCUT2D eigenvalue weighted by Crippen LogP contribution is 2.34. The summed E-state index contributed by atoms with van der Waals surface area (Å²) in [5.74, 6) is -0.753. The number of carbonyl (C=O) groups is 1. The normalized spacial score (nSPS) is 9.93. The van der Waals surface area contributed by atoms with Crippen molar-refractivity contribution in [3.63, 3.8) is 0 Å². The maximum absolute atomic E-state index is 10.9. The molecule has 0 bridgehead atoms. The quantitative estimate of drug-likeness (QED) is 0.798. The van der Waals surface area contributed by atoms with Crippen LogP contribution in [0.25, 0.3) is 0 Å². The number of ether oxygens (including phenoxy) is 1. The number of halogens is 1. The SMILES string of the molecule is COc1c(Br)cc(N)c(C)c1C(=O)O. The maximum atomic E-state index is 10.9. The van der Waals surface area contributed by atoms with Gasteiger partial charge in [0.1, 0.15) is 11.3 Å². The summed E-state index contributed by atoms with van der Waals surface area (Å²) < 4.78 is 5.53. The third kappa shape index (κ3) is 1.68. The molecule has 1 rings (SSSR count). The van der Waals surface area contributed by atoms with Gasteiger partial charge in [0.2, 0.25) is 0 Å². The lowest BCUT2D eigenvalue weighted by Gasteiger charge is -2.11. The number of hydrogen-bond acceptors (Lipinski definition) is 3. The Bertz CT molecular complexity index is 390. The molecular formula is C9H10BrNO3. The largest absolute Gasteiger partial charge is 0.495 e. The van der Waals surface area contributed by atoms with Crippen molar-refractivity contribution >= 4 is 27.6 Å². The highest BCUT2D eigenvalue weighted by Gasteiger charge is 2.19. The molecule has 1 aromatic rings. The Kier molecular flexibility index (Phi) is 3.00. The minimum atomic E-state index is -1.05. The smallest absolute Gasteiger partial charge is 0.339 e. The molecule has 76 valence electrons. The molecule has 5 heteroatoms. The van der Waals surface area contributed by atoms with Gasteiger partial charge in [0, 0.05) is 5.69 Å². The number of aromatic carboxylic acids is 1. The molecule has 0 aliphatic carbocycles. The minimum absolute atomic E-state index is 0.0966. The van der Waals surface area contributed by atoms with Crippen molar-refractivity contribution in [1.29, 1.82) is 0 Å². The topological polar surface area (TPSA) is 72.5 Å². The fourth-order valence-corrected chi connectivity index (χ4v) is 1.81. The lowest BCUT2D eigenvalue weighted by Crippen LogP contribution is -2.06. The number of nitrogens with two attached hydrogens (primary N) is 1. The van der Waals surface area contributed by atoms with E-state index in [1.165, 1.54) is 7.11 Å². The molecule has 0 saturated heterocycles. The molecular weight excluding hydrogens is 250 g/mol. The van der Waals surface area contributed by atoms with E-state index < -0.39 is 5.97 Å². The predicted octanol–water partition coefficient (Wildman–Crippen LogP) is 2.05. The standard InChI is InChI=1S/C9H10BrNO3/c1-4-6(11)3-5(10)8(14-2)7(4)9(12)13/h3H,11H2,1-2H3,(H,12,13). The van der Waals surface area contributed by atoms with Crippen molar-refractivity contribution < 1.29 is 14.6 Å². The van der Waals surface area contributed by atoms with E-state index in [1.54, 1.807) is 13.0 Å². The van der Waals surface area contributed by atoms with E-state index in [9.17, 15) is 4.79 Å². The lowest BCUT2D eigenvalue weighted by molar-refractivity contribution is 0.0692. The molecule has 0 atom stereocenters. The van der Waals surface area contributed by atoms with Crippen LogP contribution < -0.4 is 10.5 Å². The molecule has 0 aliphatic heterocycles. The van der Waals surface area contributed by atoms with Gasteiger partial charge in [-0.25, -0.2) is 4.79 Å². The second-order valence-electron chi connectivity index (χ2n) is 2.79. The lowest BCUT2D eigenvalue weighted by atomic mass is 10.1. The van der Waals surface area contributed by atoms with E-state index in [0.29, 0.717) is 21.5 Å². The van der Waals surface area contributed by atoms with Gasteiger partial charge in [0.05, 0.1) is 11.6 Å². The molecule has 0 unspecified atom stereocenters. The molecule has 1 aromatic carbocycles. The van der Waals surface area contributed by atoms with Crippen LogP contribution in [0.15, 0.2) is 10.5 Å². The number of hydrogen-bond donors (Lipinski definition) is 2. The molecule has 0 aliphatic rings. The Morgan fingerprint density at radius 2 is 2.21 bits per heavy atom. The van der Waals surface area contributed by atoms with Gasteiger partial charge < -0.3 is 15.6 Å². The number of methoxy groups -OCH3 is 1. The highest BCUT2D eigenvalue weighted by molar-refractivity contribution is 9.10. The molecule has 0 aromatic heterocycles. The Morgan fingerprint density at radius 1 is 1.64 bits per heavy atom. The van der Waals surface area contributed by atoms with E-state index >= 15 is 0 Å². The van der Waals surface area contributed by atoms with Gasteiger partial charge in [0.25, 0.3) is 0 Å². The summed E-state index contributed by atoms with van der Waals surface area (Å²) >= 11 is 3.19. The van der Waals surface area contributed by atoms with Gasteiger partial charge in [-0.05, 0) is 34.5 Å². The second-order valence-corrected chi connectivity index (χ2v) is 3.64. The van der Waals surface area contributed by atoms with Crippen LogP contribution in [-0.4, -0.2) is 18.2 Å². The molecule has 0 spiro atoms. The third-order valence-corrected chi connectivity index (χ3v) is 2.54. The van der Waals surface area contributed by atoms with Crippen LogP contribution in [0.1, 0.15) is 15.9 Å². The maximum Gasteiger partial charge on any atom is 0.339 e. The van der Waals surface area contributed by atoms with E-state index in [1.807, 2.05) is 0 Å². The van der Waals surface area contributed by atoms with Crippen molar-refractivity contribution in [2.75, 3.05) is 12.8 Å². The summed E-state index contributed by atoms with van der Waals surface area (Å²) in [6.45, 7) is 1.65. The van der Waals surface area contributed by atoms with Gasteiger partial charge in [-0.1, -0.05) is 0 Å². The Hall–Kier alpha value is -1.23. The third-order valence-electron chi connectivity index (χ3n) is 1.95. The van der Waals surface area contributed by atoms with E-state index in [-0.39, 0.29) is 5.56 Å². The number of benzene rings is 1. The first kappa shape index (κ1) is 10.8. The van der Waals surface area contributed by atoms with Crippen molar-refractivity contribution in [3.8, 4) is 5.75 Å². The van der Waals surface area contributed by atoms with Crippen LogP contribution >= 0.6 is 15.9 Å². The van der Waals surface area contributed by atoms with Crippen LogP contribution in [0, 0.1) is 6.92 Å². The summed E-state index contributed by atoms with van der Waals surface area (Å²) in [6, 6.07) is 1.63. The molecule has 3 N–H and O–H groups in total. The van der Waals surface area contributed by atoms with Crippen molar-refractivity contribution in [2.45, 2.75) is 6.92 Å². The van der Waals surface area contributed by atoms with Crippen molar-refractivity contribution in [3.05, 3.63) is 21.7 Å². The zero-order chi connectivity index (χ0) is 10.9. The van der Waals surface area contributed by atoms with Gasteiger partial charge in [-0.15, -0.1) is 0 Å². The summed E-state index contributed by atoms with van der Waals surface area (Å²) in [5.41, 5.74) is 6.67. The fraction of sp³-hybridized carbons (Fsp3) is 0.222. The number of rotatable bonds is 2. The van der Waals surface area contributed by atoms with Crippen molar-refractivity contribution in [2.24, 2.45) is 0 Å². The van der Waals surface area contributed by atoms with Gasteiger partial charge in [-0.2, -0.15) is 0 Å². The highest BCUT2D eigenvalue weighted by atomic mass is 79.9. The molecule has 0 saturated carbocycles. The van der Waals surface area contributed by atoms with Crippen LogP contribution in [-0.2, 0) is 0 Å². The number of carboxylic acid groups (broad SMARTS) is 1. The summed E-state index contributed by atoms with van der Waals surface area (Å²) in [7, 11) is 1.42.